The van der Waals surface area contributed by atoms with Crippen molar-refractivity contribution >= 4 is 34.5 Å². The fourth-order valence-corrected chi connectivity index (χ4v) is 4.32. The monoisotopic (exact) mass is 489 g/mol. The quantitative estimate of drug-likeness (QED) is 0.372. The summed E-state index contributed by atoms with van der Waals surface area (Å²) in [4.78, 5) is 43.8. The maximum absolute atomic E-state index is 13.1. The normalized spacial score (nSPS) is 13.9. The summed E-state index contributed by atoms with van der Waals surface area (Å²) in [6, 6.07) is 14.7. The summed E-state index contributed by atoms with van der Waals surface area (Å²) in [6.45, 7) is 7.29. The average Bonchev–Trinajstić information content (AvgIpc) is 2.92. The Morgan fingerprint density at radius 3 is 2.28 bits per heavy atom. The fraction of sp³-hybridized carbons (Fsp3) is 0.321. The molecule has 0 spiro atoms. The third-order valence-corrected chi connectivity index (χ3v) is 6.49. The van der Waals surface area contributed by atoms with E-state index in [0.717, 1.165) is 30.1 Å². The number of hydrogen-bond acceptors (Lipinski definition) is 6. The highest BCUT2D eigenvalue weighted by Gasteiger charge is 2.26. The van der Waals surface area contributed by atoms with Crippen LogP contribution < -0.4 is 15.3 Å². The summed E-state index contributed by atoms with van der Waals surface area (Å²) in [5.41, 5.74) is 1.68. The Balaban J connectivity index is 1.40. The first kappa shape index (κ1) is 25.0. The number of nitrogens with zero attached hydrogens (tertiary/aromatic N) is 3. The number of benzene rings is 2. The van der Waals surface area contributed by atoms with Gasteiger partial charge in [-0.1, -0.05) is 12.1 Å². The first-order valence-corrected chi connectivity index (χ1v) is 12.2. The molecule has 0 bridgehead atoms. The molecular formula is C28H31N3O5. The van der Waals surface area contributed by atoms with Crippen LogP contribution in [0.2, 0.25) is 0 Å². The second-order valence-corrected chi connectivity index (χ2v) is 8.57. The highest BCUT2D eigenvalue weighted by molar-refractivity contribution is 5.97. The molecule has 1 saturated heterocycles. The van der Waals surface area contributed by atoms with Crippen LogP contribution >= 0.6 is 0 Å². The first-order chi connectivity index (χ1) is 17.4. The fourth-order valence-electron chi connectivity index (χ4n) is 4.32. The van der Waals surface area contributed by atoms with E-state index < -0.39 is 5.63 Å². The van der Waals surface area contributed by atoms with Crippen LogP contribution in [0.1, 0.15) is 29.8 Å². The van der Waals surface area contributed by atoms with Gasteiger partial charge in [0.25, 0.3) is 5.91 Å². The smallest absolute Gasteiger partial charge is 0.349 e. The van der Waals surface area contributed by atoms with Crippen LogP contribution in [-0.4, -0.2) is 68.0 Å². The molecule has 0 aliphatic carbocycles. The lowest BCUT2D eigenvalue weighted by atomic mass is 10.1. The Hall–Kier alpha value is -4.07. The Morgan fingerprint density at radius 1 is 0.972 bits per heavy atom. The van der Waals surface area contributed by atoms with Gasteiger partial charge in [-0.3, -0.25) is 9.59 Å². The molecule has 0 N–H and O–H groups in total. The van der Waals surface area contributed by atoms with E-state index in [0.29, 0.717) is 37.1 Å². The molecule has 2 heterocycles. The molecule has 0 saturated carbocycles. The number of hydrogen-bond donors (Lipinski definition) is 0. The van der Waals surface area contributed by atoms with Crippen LogP contribution in [0.25, 0.3) is 17.0 Å². The van der Waals surface area contributed by atoms with Gasteiger partial charge in [-0.15, -0.1) is 0 Å². The van der Waals surface area contributed by atoms with Crippen LogP contribution in [0.3, 0.4) is 0 Å². The minimum absolute atomic E-state index is 0.0114. The van der Waals surface area contributed by atoms with Gasteiger partial charge in [-0.2, -0.15) is 0 Å². The maximum atomic E-state index is 13.1. The van der Waals surface area contributed by atoms with Crippen molar-refractivity contribution in [2.24, 2.45) is 0 Å². The van der Waals surface area contributed by atoms with E-state index in [1.54, 1.807) is 29.1 Å². The molecule has 0 atom stereocenters. The Bertz CT molecular complexity index is 1320. The number of piperazine rings is 1. The van der Waals surface area contributed by atoms with Gasteiger partial charge >= 0.3 is 5.63 Å². The largest absolute Gasteiger partial charge is 0.497 e. The standard InChI is InChI=1S/C28H31N3O5/c1-4-29(5-2)22-10-9-21-18-24(28(34)36-25(21)19-22)27(33)31-16-14-30(15-17-31)26(32)13-8-20-6-11-23(35-3)12-7-20/h6-13,18-19H,4-5,14-17H2,1-3H3/b13-8+. The van der Waals surface area contributed by atoms with E-state index in [1.165, 1.54) is 6.08 Å². The van der Waals surface area contributed by atoms with Gasteiger partial charge in [0.15, 0.2) is 0 Å². The minimum Gasteiger partial charge on any atom is -0.497 e. The molecule has 1 fully saturated rings. The van der Waals surface area contributed by atoms with Crippen LogP contribution in [-0.2, 0) is 4.79 Å². The van der Waals surface area contributed by atoms with Crippen molar-refractivity contribution in [3.63, 3.8) is 0 Å². The molecule has 1 aliphatic rings. The van der Waals surface area contributed by atoms with Crippen molar-refractivity contribution < 1.29 is 18.7 Å². The van der Waals surface area contributed by atoms with Gasteiger partial charge in [0.1, 0.15) is 16.9 Å². The highest BCUT2D eigenvalue weighted by Crippen LogP contribution is 2.22. The van der Waals surface area contributed by atoms with Gasteiger partial charge in [0.2, 0.25) is 5.91 Å². The molecule has 2 amide bonds. The molecule has 1 aliphatic heterocycles. The summed E-state index contributed by atoms with van der Waals surface area (Å²) >= 11 is 0. The lowest BCUT2D eigenvalue weighted by Gasteiger charge is -2.34. The molecule has 36 heavy (non-hydrogen) atoms. The summed E-state index contributed by atoms with van der Waals surface area (Å²) in [6.07, 6.45) is 3.29. The van der Waals surface area contributed by atoms with E-state index in [9.17, 15) is 14.4 Å². The third kappa shape index (κ3) is 5.43. The van der Waals surface area contributed by atoms with E-state index in [-0.39, 0.29) is 17.4 Å². The Labute approximate surface area is 210 Å². The first-order valence-electron chi connectivity index (χ1n) is 12.2. The van der Waals surface area contributed by atoms with Crippen LogP contribution in [0, 0.1) is 0 Å². The molecule has 4 rings (SSSR count). The number of anilines is 1. The molecule has 8 heteroatoms. The molecule has 3 aromatic rings. The zero-order chi connectivity index (χ0) is 25.7. The maximum Gasteiger partial charge on any atom is 0.349 e. The molecule has 0 radical (unpaired) electrons. The van der Waals surface area contributed by atoms with Crippen molar-refractivity contribution in [1.82, 2.24) is 9.80 Å². The van der Waals surface area contributed by atoms with Gasteiger partial charge in [0.05, 0.1) is 7.11 Å². The van der Waals surface area contributed by atoms with Crippen molar-refractivity contribution in [2.45, 2.75) is 13.8 Å². The summed E-state index contributed by atoms with van der Waals surface area (Å²) in [5, 5.41) is 0.700. The number of amides is 2. The summed E-state index contributed by atoms with van der Waals surface area (Å²) < 4.78 is 10.7. The van der Waals surface area contributed by atoms with Crippen molar-refractivity contribution in [3.05, 3.63) is 76.2 Å². The topological polar surface area (TPSA) is 83.3 Å². The number of ether oxygens (including phenoxy) is 1. The van der Waals surface area contributed by atoms with E-state index in [1.807, 2.05) is 42.5 Å². The van der Waals surface area contributed by atoms with Crippen LogP contribution in [0.15, 0.2) is 63.8 Å². The predicted octanol–water partition coefficient (Wildman–Crippen LogP) is 3.65. The lowest BCUT2D eigenvalue weighted by molar-refractivity contribution is -0.127. The van der Waals surface area contributed by atoms with Gasteiger partial charge in [-0.05, 0) is 55.8 Å². The second kappa shape index (κ2) is 11.1. The Kier molecular flexibility index (Phi) is 7.73. The van der Waals surface area contributed by atoms with Gasteiger partial charge in [-0.25, -0.2) is 4.79 Å². The molecule has 188 valence electrons. The predicted molar refractivity (Wildman–Crippen MR) is 141 cm³/mol. The molecular weight excluding hydrogens is 458 g/mol. The van der Waals surface area contributed by atoms with Crippen molar-refractivity contribution in [3.8, 4) is 5.75 Å². The molecule has 1 aromatic heterocycles. The number of methoxy groups -OCH3 is 1. The minimum atomic E-state index is -0.648. The van der Waals surface area contributed by atoms with Crippen LogP contribution in [0.5, 0.6) is 5.75 Å². The van der Waals surface area contributed by atoms with E-state index in [4.69, 9.17) is 9.15 Å². The Morgan fingerprint density at radius 2 is 1.64 bits per heavy atom. The number of carbonyl (C=O) groups excluding carboxylic acids is 2. The zero-order valence-corrected chi connectivity index (χ0v) is 20.9. The average molecular weight is 490 g/mol. The summed E-state index contributed by atoms with van der Waals surface area (Å²) in [5.74, 6) is 0.260. The molecule has 2 aromatic carbocycles. The van der Waals surface area contributed by atoms with E-state index in [2.05, 4.69) is 18.7 Å². The number of fused-ring (bicyclic) bond motifs is 1. The third-order valence-electron chi connectivity index (χ3n) is 6.49. The number of rotatable bonds is 7. The molecule has 8 nitrogen and oxygen atoms in total. The highest BCUT2D eigenvalue weighted by atomic mass is 16.5. The SMILES string of the molecule is CCN(CC)c1ccc2cc(C(=O)N3CCN(C(=O)/C=C/c4ccc(OC)cc4)CC3)c(=O)oc2c1. The molecule has 0 unspecified atom stereocenters. The second-order valence-electron chi connectivity index (χ2n) is 8.57. The van der Waals surface area contributed by atoms with E-state index >= 15 is 0 Å². The van der Waals surface area contributed by atoms with Crippen molar-refractivity contribution in [2.75, 3.05) is 51.3 Å². The van der Waals surface area contributed by atoms with Gasteiger partial charge in [0, 0.05) is 62.5 Å². The van der Waals surface area contributed by atoms with Crippen molar-refractivity contribution in [1.29, 1.82) is 0 Å². The van der Waals surface area contributed by atoms with Gasteiger partial charge < -0.3 is 23.9 Å². The lowest BCUT2D eigenvalue weighted by Crippen LogP contribution is -2.50. The van der Waals surface area contributed by atoms with Crippen LogP contribution in [0.4, 0.5) is 5.69 Å². The summed E-state index contributed by atoms with van der Waals surface area (Å²) in [7, 11) is 1.61. The zero-order valence-electron chi connectivity index (χ0n) is 20.9. The number of carbonyl (C=O) groups is 2.